The van der Waals surface area contributed by atoms with Crippen LogP contribution in [0, 0.1) is 5.92 Å². The number of nitrogens with one attached hydrogen (secondary N) is 2. The van der Waals surface area contributed by atoms with Gasteiger partial charge < -0.3 is 9.73 Å². The number of carbonyl (C=O) groups excluding carboxylic acids is 2. The van der Waals surface area contributed by atoms with E-state index in [9.17, 15) is 9.59 Å². The summed E-state index contributed by atoms with van der Waals surface area (Å²) in [5.74, 6) is -0.678. The van der Waals surface area contributed by atoms with Crippen LogP contribution in [-0.2, 0) is 4.79 Å². The van der Waals surface area contributed by atoms with Crippen molar-refractivity contribution in [2.75, 3.05) is 5.32 Å². The topological polar surface area (TPSA) is 84.2 Å². The van der Waals surface area contributed by atoms with Gasteiger partial charge in [0.1, 0.15) is 12.3 Å². The number of nitrogens with zero attached hydrogens (tertiary/aromatic N) is 1. The first-order valence-electron chi connectivity index (χ1n) is 6.12. The standard InChI is InChI=1S/C13H15N3O3S/c1-8(2)10(12(18)16-13-14-5-6-19-13)15-11(17)9-4-3-7-20-9/h3-8,10H,1-2H3,(H,15,17)(H,14,16,18). The minimum absolute atomic E-state index is 0.0612. The number of hydrogen-bond donors (Lipinski definition) is 2. The maximum atomic E-state index is 12.1. The summed E-state index contributed by atoms with van der Waals surface area (Å²) in [7, 11) is 0. The lowest BCUT2D eigenvalue weighted by molar-refractivity contribution is -0.119. The molecule has 0 aliphatic rings. The SMILES string of the molecule is CC(C)C(NC(=O)c1cccs1)C(=O)Nc1ncco1. The van der Waals surface area contributed by atoms with Crippen molar-refractivity contribution in [2.45, 2.75) is 19.9 Å². The molecule has 2 aromatic rings. The molecule has 1 atom stereocenters. The van der Waals surface area contributed by atoms with Gasteiger partial charge in [-0.3, -0.25) is 14.9 Å². The molecule has 2 N–H and O–H groups in total. The summed E-state index contributed by atoms with van der Waals surface area (Å²) >= 11 is 1.33. The van der Waals surface area contributed by atoms with E-state index in [0.717, 1.165) is 0 Å². The largest absolute Gasteiger partial charge is 0.432 e. The fourth-order valence-electron chi connectivity index (χ4n) is 1.62. The van der Waals surface area contributed by atoms with Gasteiger partial charge in [-0.05, 0) is 17.4 Å². The highest BCUT2D eigenvalue weighted by Crippen LogP contribution is 2.11. The number of oxazole rings is 1. The van der Waals surface area contributed by atoms with E-state index in [-0.39, 0.29) is 23.7 Å². The van der Waals surface area contributed by atoms with Crippen molar-refractivity contribution in [1.29, 1.82) is 0 Å². The number of aromatic nitrogens is 1. The maximum Gasteiger partial charge on any atom is 0.301 e. The zero-order chi connectivity index (χ0) is 14.5. The fourth-order valence-corrected chi connectivity index (χ4v) is 2.25. The second-order valence-corrected chi connectivity index (χ2v) is 5.45. The van der Waals surface area contributed by atoms with E-state index < -0.39 is 6.04 Å². The highest BCUT2D eigenvalue weighted by Gasteiger charge is 2.25. The van der Waals surface area contributed by atoms with E-state index >= 15 is 0 Å². The van der Waals surface area contributed by atoms with Crippen molar-refractivity contribution in [3.8, 4) is 0 Å². The van der Waals surface area contributed by atoms with Crippen LogP contribution in [0.3, 0.4) is 0 Å². The van der Waals surface area contributed by atoms with E-state index in [2.05, 4.69) is 15.6 Å². The molecule has 0 aliphatic carbocycles. The highest BCUT2D eigenvalue weighted by molar-refractivity contribution is 7.12. The lowest BCUT2D eigenvalue weighted by Crippen LogP contribution is -2.47. The predicted octanol–water partition coefficient (Wildman–Crippen LogP) is 2.13. The van der Waals surface area contributed by atoms with Gasteiger partial charge >= 0.3 is 6.01 Å². The van der Waals surface area contributed by atoms with E-state index in [0.29, 0.717) is 4.88 Å². The second-order valence-electron chi connectivity index (χ2n) is 4.50. The summed E-state index contributed by atoms with van der Waals surface area (Å²) in [4.78, 5) is 28.5. The van der Waals surface area contributed by atoms with Gasteiger partial charge in [-0.1, -0.05) is 19.9 Å². The molecule has 106 valence electrons. The first-order chi connectivity index (χ1) is 9.58. The number of hydrogen-bond acceptors (Lipinski definition) is 5. The zero-order valence-electron chi connectivity index (χ0n) is 11.1. The summed E-state index contributed by atoms with van der Waals surface area (Å²) in [5, 5.41) is 7.06. The van der Waals surface area contributed by atoms with Gasteiger partial charge in [0, 0.05) is 0 Å². The minimum Gasteiger partial charge on any atom is -0.432 e. The molecule has 0 aliphatic heterocycles. The molecule has 0 aromatic carbocycles. The van der Waals surface area contributed by atoms with Gasteiger partial charge in [0.05, 0.1) is 11.1 Å². The molecule has 0 fully saturated rings. The van der Waals surface area contributed by atoms with Crippen LogP contribution < -0.4 is 10.6 Å². The van der Waals surface area contributed by atoms with Crippen molar-refractivity contribution in [3.63, 3.8) is 0 Å². The van der Waals surface area contributed by atoms with Crippen LogP contribution in [0.25, 0.3) is 0 Å². The predicted molar refractivity (Wildman–Crippen MR) is 75.5 cm³/mol. The van der Waals surface area contributed by atoms with E-state index in [1.165, 1.54) is 23.8 Å². The molecule has 0 saturated carbocycles. The van der Waals surface area contributed by atoms with Gasteiger partial charge in [-0.2, -0.15) is 0 Å². The normalized spacial score (nSPS) is 12.2. The highest BCUT2D eigenvalue weighted by atomic mass is 32.1. The van der Waals surface area contributed by atoms with Gasteiger partial charge in [-0.25, -0.2) is 4.98 Å². The molecule has 2 aromatic heterocycles. The van der Waals surface area contributed by atoms with Gasteiger partial charge in [-0.15, -0.1) is 11.3 Å². The third kappa shape index (κ3) is 3.45. The maximum absolute atomic E-state index is 12.1. The van der Waals surface area contributed by atoms with Crippen LogP contribution in [0.15, 0.2) is 34.4 Å². The third-order valence-corrected chi connectivity index (χ3v) is 3.51. The van der Waals surface area contributed by atoms with E-state index in [4.69, 9.17) is 4.42 Å². The third-order valence-electron chi connectivity index (χ3n) is 2.64. The average Bonchev–Trinajstić information content (AvgIpc) is 3.07. The molecule has 0 radical (unpaired) electrons. The molecule has 2 amide bonds. The van der Waals surface area contributed by atoms with Gasteiger partial charge in [0.2, 0.25) is 0 Å². The second kappa shape index (κ2) is 6.33. The van der Waals surface area contributed by atoms with Crippen LogP contribution in [-0.4, -0.2) is 22.8 Å². The minimum atomic E-state index is -0.656. The Bertz CT molecular complexity index is 564. The lowest BCUT2D eigenvalue weighted by atomic mass is 10.0. The molecule has 0 saturated heterocycles. The number of thiophene rings is 1. The molecule has 2 heterocycles. The number of carbonyl (C=O) groups is 2. The molecular weight excluding hydrogens is 278 g/mol. The lowest BCUT2D eigenvalue weighted by Gasteiger charge is -2.20. The van der Waals surface area contributed by atoms with E-state index in [1.54, 1.807) is 12.1 Å². The van der Waals surface area contributed by atoms with Crippen LogP contribution in [0.1, 0.15) is 23.5 Å². The monoisotopic (exact) mass is 293 g/mol. The molecule has 0 bridgehead atoms. The Labute approximate surface area is 120 Å². The molecule has 7 heteroatoms. The van der Waals surface area contributed by atoms with Crippen LogP contribution >= 0.6 is 11.3 Å². The summed E-state index contributed by atoms with van der Waals surface area (Å²) in [5.41, 5.74) is 0. The summed E-state index contributed by atoms with van der Waals surface area (Å²) < 4.78 is 4.96. The fraction of sp³-hybridized carbons (Fsp3) is 0.308. The number of rotatable bonds is 5. The van der Waals surface area contributed by atoms with E-state index in [1.807, 2.05) is 19.2 Å². The smallest absolute Gasteiger partial charge is 0.301 e. The zero-order valence-corrected chi connectivity index (χ0v) is 11.9. The Morgan fingerprint density at radius 1 is 1.40 bits per heavy atom. The number of anilines is 1. The molecule has 2 rings (SSSR count). The van der Waals surface area contributed by atoms with Crippen LogP contribution in [0.4, 0.5) is 6.01 Å². The van der Waals surface area contributed by atoms with Crippen LogP contribution in [0.5, 0.6) is 0 Å². The molecule has 0 spiro atoms. The van der Waals surface area contributed by atoms with Gasteiger partial charge in [0.25, 0.3) is 11.8 Å². The van der Waals surface area contributed by atoms with Crippen LogP contribution in [0.2, 0.25) is 0 Å². The molecule has 1 unspecified atom stereocenters. The first kappa shape index (κ1) is 14.3. The Balaban J connectivity index is 2.03. The Hall–Kier alpha value is -2.15. The Kier molecular flexibility index (Phi) is 4.52. The molecule has 6 nitrogen and oxygen atoms in total. The van der Waals surface area contributed by atoms with Crippen molar-refractivity contribution in [3.05, 3.63) is 34.8 Å². The summed E-state index contributed by atoms with van der Waals surface area (Å²) in [6, 6.07) is 2.96. The molecular formula is C13H15N3O3S. The van der Waals surface area contributed by atoms with Crippen molar-refractivity contribution in [1.82, 2.24) is 10.3 Å². The molecule has 20 heavy (non-hydrogen) atoms. The summed E-state index contributed by atoms with van der Waals surface area (Å²) in [6.45, 7) is 3.71. The van der Waals surface area contributed by atoms with Crippen molar-refractivity contribution < 1.29 is 14.0 Å². The number of amides is 2. The van der Waals surface area contributed by atoms with Crippen molar-refractivity contribution >= 4 is 29.2 Å². The van der Waals surface area contributed by atoms with Crippen molar-refractivity contribution in [2.24, 2.45) is 5.92 Å². The summed E-state index contributed by atoms with van der Waals surface area (Å²) in [6.07, 6.45) is 2.80. The Morgan fingerprint density at radius 2 is 2.20 bits per heavy atom. The Morgan fingerprint density at radius 3 is 2.75 bits per heavy atom. The first-order valence-corrected chi connectivity index (χ1v) is 7.00. The van der Waals surface area contributed by atoms with Gasteiger partial charge in [0.15, 0.2) is 0 Å². The quantitative estimate of drug-likeness (QED) is 0.884. The average molecular weight is 293 g/mol.